The van der Waals surface area contributed by atoms with Gasteiger partial charge in [-0.25, -0.2) is 4.98 Å². The highest BCUT2D eigenvalue weighted by molar-refractivity contribution is 7.10. The molecule has 2 aliphatic rings. The SMILES string of the molecule is CC1(C)CCC(C)(C)c2cc(-c3csc(C4CCCC(CCCCCCCCO)CC4)n3)ccc21. The second kappa shape index (κ2) is 11.9. The topological polar surface area (TPSA) is 33.1 Å². The Bertz CT molecular complexity index is 943. The lowest BCUT2D eigenvalue weighted by atomic mass is 9.63. The van der Waals surface area contributed by atoms with E-state index >= 15 is 0 Å². The van der Waals surface area contributed by atoms with E-state index in [1.54, 1.807) is 0 Å². The first kappa shape index (κ1) is 26.9. The highest BCUT2D eigenvalue weighted by atomic mass is 32.1. The van der Waals surface area contributed by atoms with E-state index in [0.29, 0.717) is 12.5 Å². The molecule has 0 bridgehead atoms. The van der Waals surface area contributed by atoms with Gasteiger partial charge in [-0.05, 0) is 72.5 Å². The minimum atomic E-state index is 0.245. The van der Waals surface area contributed by atoms with Crippen molar-refractivity contribution >= 4 is 11.3 Å². The molecule has 1 aromatic carbocycles. The number of unbranched alkanes of at least 4 members (excludes halogenated alkanes) is 5. The molecule has 3 heteroatoms. The fourth-order valence-corrected chi connectivity index (χ4v) is 7.52. The molecule has 0 saturated heterocycles. The molecule has 35 heavy (non-hydrogen) atoms. The zero-order chi connectivity index (χ0) is 24.9. The van der Waals surface area contributed by atoms with Crippen LogP contribution in [-0.4, -0.2) is 16.7 Å². The summed E-state index contributed by atoms with van der Waals surface area (Å²) in [6.45, 7) is 9.99. The summed E-state index contributed by atoms with van der Waals surface area (Å²) in [5, 5.41) is 12.6. The fourth-order valence-electron chi connectivity index (χ4n) is 6.52. The Kier molecular flexibility index (Phi) is 9.14. The van der Waals surface area contributed by atoms with Crippen LogP contribution in [-0.2, 0) is 10.8 Å². The zero-order valence-electron chi connectivity index (χ0n) is 22.9. The van der Waals surface area contributed by atoms with Crippen LogP contribution < -0.4 is 0 Å². The summed E-state index contributed by atoms with van der Waals surface area (Å²) in [5.74, 6) is 1.58. The summed E-state index contributed by atoms with van der Waals surface area (Å²) in [6.07, 6.45) is 18.3. The normalized spacial score (nSPS) is 23.6. The van der Waals surface area contributed by atoms with Gasteiger partial charge in [-0.2, -0.15) is 0 Å². The Balaban J connectivity index is 1.34. The summed E-state index contributed by atoms with van der Waals surface area (Å²) < 4.78 is 0. The Morgan fingerprint density at radius 2 is 1.57 bits per heavy atom. The summed E-state index contributed by atoms with van der Waals surface area (Å²) in [5.41, 5.74) is 6.08. The van der Waals surface area contributed by atoms with Gasteiger partial charge in [0.2, 0.25) is 0 Å². The van der Waals surface area contributed by atoms with Crippen molar-refractivity contribution in [2.45, 2.75) is 134 Å². The van der Waals surface area contributed by atoms with Gasteiger partial charge in [0.1, 0.15) is 0 Å². The van der Waals surface area contributed by atoms with E-state index in [1.165, 1.54) is 111 Å². The van der Waals surface area contributed by atoms with Crippen molar-refractivity contribution in [1.29, 1.82) is 0 Å². The number of aromatic nitrogens is 1. The summed E-state index contributed by atoms with van der Waals surface area (Å²) in [7, 11) is 0. The van der Waals surface area contributed by atoms with Crippen LogP contribution in [0.25, 0.3) is 11.3 Å². The molecule has 4 rings (SSSR count). The van der Waals surface area contributed by atoms with Gasteiger partial charge < -0.3 is 5.11 Å². The molecule has 2 atom stereocenters. The maximum atomic E-state index is 8.90. The number of thiazole rings is 1. The fraction of sp³-hybridized carbons (Fsp3) is 0.719. The van der Waals surface area contributed by atoms with Crippen molar-refractivity contribution in [3.63, 3.8) is 0 Å². The van der Waals surface area contributed by atoms with E-state index < -0.39 is 0 Å². The van der Waals surface area contributed by atoms with Crippen molar-refractivity contribution in [2.24, 2.45) is 5.92 Å². The summed E-state index contributed by atoms with van der Waals surface area (Å²) >= 11 is 1.90. The maximum absolute atomic E-state index is 8.90. The van der Waals surface area contributed by atoms with Crippen LogP contribution in [0.15, 0.2) is 23.6 Å². The molecular weight excluding hydrogens is 446 g/mol. The molecule has 2 aliphatic carbocycles. The zero-order valence-corrected chi connectivity index (χ0v) is 23.7. The molecule has 1 fully saturated rings. The quantitative estimate of drug-likeness (QED) is 0.263. The molecule has 1 heterocycles. The van der Waals surface area contributed by atoms with E-state index in [-0.39, 0.29) is 10.8 Å². The van der Waals surface area contributed by atoms with Gasteiger partial charge in [0.05, 0.1) is 10.7 Å². The highest BCUT2D eigenvalue weighted by Crippen LogP contribution is 2.47. The average Bonchev–Trinajstić information content (AvgIpc) is 3.21. The van der Waals surface area contributed by atoms with E-state index in [2.05, 4.69) is 51.3 Å². The summed E-state index contributed by atoms with van der Waals surface area (Å²) in [6, 6.07) is 7.18. The number of aliphatic hydroxyl groups excluding tert-OH is 1. The lowest BCUT2D eigenvalue weighted by molar-refractivity contribution is 0.282. The lowest BCUT2D eigenvalue weighted by Gasteiger charge is -2.42. The minimum Gasteiger partial charge on any atom is -0.396 e. The van der Waals surface area contributed by atoms with Crippen LogP contribution in [0.2, 0.25) is 0 Å². The van der Waals surface area contributed by atoms with Gasteiger partial charge in [0, 0.05) is 23.5 Å². The lowest BCUT2D eigenvalue weighted by Crippen LogP contribution is -2.33. The second-order valence-corrected chi connectivity index (χ2v) is 13.7. The van der Waals surface area contributed by atoms with Crippen LogP contribution in [0.5, 0.6) is 0 Å². The molecule has 2 unspecified atom stereocenters. The van der Waals surface area contributed by atoms with Crippen LogP contribution in [0, 0.1) is 5.92 Å². The molecule has 0 amide bonds. The molecule has 2 aromatic rings. The molecule has 194 valence electrons. The minimum absolute atomic E-state index is 0.245. The number of rotatable bonds is 10. The Morgan fingerprint density at radius 3 is 2.34 bits per heavy atom. The molecule has 1 N–H and O–H groups in total. The first-order chi connectivity index (χ1) is 16.8. The van der Waals surface area contributed by atoms with Crippen LogP contribution in [0.1, 0.15) is 140 Å². The molecule has 2 nitrogen and oxygen atoms in total. The van der Waals surface area contributed by atoms with Gasteiger partial charge in [0.15, 0.2) is 0 Å². The van der Waals surface area contributed by atoms with Crippen LogP contribution in [0.3, 0.4) is 0 Å². The van der Waals surface area contributed by atoms with Crippen LogP contribution in [0.4, 0.5) is 0 Å². The van der Waals surface area contributed by atoms with Gasteiger partial charge in [-0.15, -0.1) is 11.3 Å². The van der Waals surface area contributed by atoms with Gasteiger partial charge in [-0.1, -0.05) is 91.2 Å². The third-order valence-corrected chi connectivity index (χ3v) is 10.1. The van der Waals surface area contributed by atoms with Gasteiger partial charge >= 0.3 is 0 Å². The molecule has 0 radical (unpaired) electrons. The number of benzene rings is 1. The van der Waals surface area contributed by atoms with Gasteiger partial charge in [0.25, 0.3) is 0 Å². The van der Waals surface area contributed by atoms with Crippen molar-refractivity contribution in [3.8, 4) is 11.3 Å². The molecule has 0 spiro atoms. The van der Waals surface area contributed by atoms with E-state index in [4.69, 9.17) is 10.1 Å². The molecule has 0 aliphatic heterocycles. The molecule has 1 aromatic heterocycles. The number of aliphatic hydroxyl groups is 1. The van der Waals surface area contributed by atoms with Crippen molar-refractivity contribution in [3.05, 3.63) is 39.7 Å². The number of fused-ring (bicyclic) bond motifs is 1. The number of nitrogens with zero attached hydrogens (tertiary/aromatic N) is 1. The van der Waals surface area contributed by atoms with Crippen molar-refractivity contribution in [1.82, 2.24) is 4.98 Å². The smallest absolute Gasteiger partial charge is 0.0963 e. The standard InChI is InChI=1S/C32H49NOS/c1-31(2)19-20-32(3,4)28-22-26(17-18-27(28)31)29-23-35-30(33-29)25-14-11-13-24(15-16-25)12-9-7-5-6-8-10-21-34/h17-18,22-25,34H,5-16,19-21H2,1-4H3. The largest absolute Gasteiger partial charge is 0.396 e. The maximum Gasteiger partial charge on any atom is 0.0963 e. The van der Waals surface area contributed by atoms with Crippen molar-refractivity contribution < 1.29 is 5.11 Å². The summed E-state index contributed by atoms with van der Waals surface area (Å²) in [4.78, 5) is 5.22. The Hall–Kier alpha value is -1.19. The van der Waals surface area contributed by atoms with E-state index in [9.17, 15) is 0 Å². The average molecular weight is 496 g/mol. The van der Waals surface area contributed by atoms with E-state index in [1.807, 2.05) is 11.3 Å². The number of hydrogen-bond donors (Lipinski definition) is 1. The second-order valence-electron chi connectivity index (χ2n) is 12.8. The predicted molar refractivity (Wildman–Crippen MR) is 152 cm³/mol. The highest BCUT2D eigenvalue weighted by Gasteiger charge is 2.37. The third kappa shape index (κ3) is 6.77. The Labute approximate surface area is 219 Å². The molecule has 1 saturated carbocycles. The third-order valence-electron chi connectivity index (χ3n) is 9.13. The predicted octanol–water partition coefficient (Wildman–Crippen LogP) is 9.55. The van der Waals surface area contributed by atoms with Crippen LogP contribution >= 0.6 is 11.3 Å². The number of hydrogen-bond acceptors (Lipinski definition) is 3. The van der Waals surface area contributed by atoms with Crippen molar-refractivity contribution in [2.75, 3.05) is 6.61 Å². The first-order valence-electron chi connectivity index (χ1n) is 14.5. The van der Waals surface area contributed by atoms with Gasteiger partial charge in [-0.3, -0.25) is 0 Å². The Morgan fingerprint density at radius 1 is 0.857 bits per heavy atom. The monoisotopic (exact) mass is 495 g/mol. The first-order valence-corrected chi connectivity index (χ1v) is 15.4. The van der Waals surface area contributed by atoms with E-state index in [0.717, 1.165) is 12.3 Å². The molecular formula is C32H49NOS.